The smallest absolute Gasteiger partial charge is 0.123 e. The predicted octanol–water partition coefficient (Wildman–Crippen LogP) is 8.35. The highest BCUT2D eigenvalue weighted by Gasteiger charge is 2.20. The summed E-state index contributed by atoms with van der Waals surface area (Å²) in [4.78, 5) is 3.84. The first-order chi connectivity index (χ1) is 20.5. The fourth-order valence-electron chi connectivity index (χ4n) is 5.56. The zero-order chi connectivity index (χ0) is 29.1. The lowest BCUT2D eigenvalue weighted by atomic mass is 9.87. The van der Waals surface area contributed by atoms with Gasteiger partial charge in [-0.3, -0.25) is 0 Å². The monoisotopic (exact) mass is 586 g/mol. The third kappa shape index (κ3) is 8.98. The minimum absolute atomic E-state index is 0.124. The molecule has 0 saturated carbocycles. The van der Waals surface area contributed by atoms with Crippen molar-refractivity contribution < 1.29 is 13.5 Å². The van der Waals surface area contributed by atoms with Crippen LogP contribution in [0, 0.1) is 11.6 Å². The second-order valence-corrected chi connectivity index (χ2v) is 12.2. The Balaban J connectivity index is 1.09. The summed E-state index contributed by atoms with van der Waals surface area (Å²) in [5.74, 6) is -0.347. The minimum atomic E-state index is -0.235. The third-order valence-electron chi connectivity index (χ3n) is 7.93. The summed E-state index contributed by atoms with van der Waals surface area (Å²) in [5, 5.41) is 0. The van der Waals surface area contributed by atoms with Crippen molar-refractivity contribution in [1.29, 1.82) is 0 Å². The van der Waals surface area contributed by atoms with Gasteiger partial charge in [0, 0.05) is 37.0 Å². The van der Waals surface area contributed by atoms with E-state index < -0.39 is 0 Å². The highest BCUT2D eigenvalue weighted by molar-refractivity contribution is 7.97. The molecule has 1 saturated heterocycles. The van der Waals surface area contributed by atoms with Crippen LogP contribution >= 0.6 is 11.9 Å². The van der Waals surface area contributed by atoms with E-state index in [1.165, 1.54) is 40.3 Å². The van der Waals surface area contributed by atoms with Gasteiger partial charge in [0.05, 0.1) is 12.7 Å². The summed E-state index contributed by atoms with van der Waals surface area (Å²) in [6, 6.07) is 32.5. The molecule has 4 aromatic rings. The first-order valence-corrected chi connectivity index (χ1v) is 15.7. The summed E-state index contributed by atoms with van der Waals surface area (Å²) < 4.78 is 35.8. The van der Waals surface area contributed by atoms with Gasteiger partial charge in [0.2, 0.25) is 0 Å². The van der Waals surface area contributed by atoms with Gasteiger partial charge in [0.1, 0.15) is 11.6 Å². The highest BCUT2D eigenvalue weighted by Crippen LogP contribution is 2.31. The van der Waals surface area contributed by atoms with Crippen LogP contribution in [0.15, 0.2) is 108 Å². The van der Waals surface area contributed by atoms with Crippen molar-refractivity contribution in [3.8, 4) is 0 Å². The standard InChI is InChI=1S/C36H40F2N2OS/c1-28(41-27-29-8-3-2-4-9-29)26-32-10-5-6-12-36(32)42-40-24-22-39(23-25-40)21-7-11-35(30-13-17-33(37)18-14-30)31-15-19-34(38)20-16-31/h2-6,8-10,12-20,28,35H,7,11,21-27H2,1H3. The largest absolute Gasteiger partial charge is 0.373 e. The van der Waals surface area contributed by atoms with Gasteiger partial charge in [0.25, 0.3) is 0 Å². The Kier molecular flexibility index (Phi) is 11.2. The van der Waals surface area contributed by atoms with Crippen LogP contribution in [0.1, 0.15) is 47.9 Å². The summed E-state index contributed by atoms with van der Waals surface area (Å²) in [6.07, 6.45) is 2.98. The molecule has 1 aliphatic heterocycles. The van der Waals surface area contributed by atoms with Crippen molar-refractivity contribution in [1.82, 2.24) is 9.21 Å². The molecule has 0 aromatic heterocycles. The molecule has 1 heterocycles. The zero-order valence-electron chi connectivity index (χ0n) is 24.3. The lowest BCUT2D eigenvalue weighted by molar-refractivity contribution is 0.0531. The molecule has 1 unspecified atom stereocenters. The van der Waals surface area contributed by atoms with Crippen LogP contribution in [-0.2, 0) is 17.8 Å². The molecule has 3 nitrogen and oxygen atoms in total. The Hall–Kier alpha value is -3.03. The Labute approximate surface area is 253 Å². The molecule has 0 spiro atoms. The molecular weight excluding hydrogens is 546 g/mol. The second kappa shape index (κ2) is 15.4. The van der Waals surface area contributed by atoms with Gasteiger partial charge in [-0.2, -0.15) is 0 Å². The number of rotatable bonds is 13. The van der Waals surface area contributed by atoms with Gasteiger partial charge in [-0.1, -0.05) is 72.8 Å². The van der Waals surface area contributed by atoms with Crippen LogP contribution in [0.4, 0.5) is 8.78 Å². The minimum Gasteiger partial charge on any atom is -0.373 e. The average molecular weight is 587 g/mol. The van der Waals surface area contributed by atoms with Crippen LogP contribution in [0.3, 0.4) is 0 Å². The average Bonchev–Trinajstić information content (AvgIpc) is 3.02. The molecule has 0 amide bonds. The summed E-state index contributed by atoms with van der Waals surface area (Å²) in [5.41, 5.74) is 4.68. The van der Waals surface area contributed by atoms with Gasteiger partial charge in [-0.15, -0.1) is 0 Å². The molecule has 0 bridgehead atoms. The number of nitrogens with zero attached hydrogens (tertiary/aromatic N) is 2. The molecule has 0 radical (unpaired) electrons. The van der Waals surface area contributed by atoms with Gasteiger partial charge in [-0.05, 0) is 97.3 Å². The second-order valence-electron chi connectivity index (χ2n) is 11.1. The van der Waals surface area contributed by atoms with Gasteiger partial charge in [0.15, 0.2) is 0 Å². The Morgan fingerprint density at radius 1 is 0.738 bits per heavy atom. The summed E-state index contributed by atoms with van der Waals surface area (Å²) >= 11 is 1.87. The molecule has 1 aliphatic rings. The van der Waals surface area contributed by atoms with Crippen LogP contribution in [-0.4, -0.2) is 48.0 Å². The summed E-state index contributed by atoms with van der Waals surface area (Å²) in [6.45, 7) is 7.89. The SMILES string of the molecule is CC(Cc1ccccc1SN1CCN(CCCC(c2ccc(F)cc2)c2ccc(F)cc2)CC1)OCc1ccccc1. The summed E-state index contributed by atoms with van der Waals surface area (Å²) in [7, 11) is 0. The number of piperazine rings is 1. The Morgan fingerprint density at radius 2 is 1.33 bits per heavy atom. The van der Waals surface area contributed by atoms with Gasteiger partial charge >= 0.3 is 0 Å². The molecule has 5 rings (SSSR count). The maximum atomic E-state index is 13.6. The number of halogens is 2. The number of ether oxygens (including phenoxy) is 1. The quantitative estimate of drug-likeness (QED) is 0.146. The first kappa shape index (κ1) is 30.4. The highest BCUT2D eigenvalue weighted by atomic mass is 32.2. The molecule has 4 aromatic carbocycles. The van der Waals surface area contributed by atoms with E-state index in [0.717, 1.165) is 63.1 Å². The lowest BCUT2D eigenvalue weighted by Gasteiger charge is -2.34. The Morgan fingerprint density at radius 3 is 1.98 bits per heavy atom. The fourth-order valence-corrected chi connectivity index (χ4v) is 6.59. The molecule has 1 atom stereocenters. The van der Waals surface area contributed by atoms with Crippen LogP contribution < -0.4 is 0 Å². The third-order valence-corrected chi connectivity index (χ3v) is 9.15. The van der Waals surface area contributed by atoms with Crippen molar-refractivity contribution in [3.05, 3.63) is 137 Å². The molecular formula is C36H40F2N2OS. The topological polar surface area (TPSA) is 15.7 Å². The Bertz CT molecular complexity index is 1310. The van der Waals surface area contributed by atoms with Crippen molar-refractivity contribution in [2.75, 3.05) is 32.7 Å². The van der Waals surface area contributed by atoms with Gasteiger partial charge < -0.3 is 9.64 Å². The molecule has 0 N–H and O–H groups in total. The van der Waals surface area contributed by atoms with Crippen molar-refractivity contribution in [2.45, 2.75) is 49.7 Å². The van der Waals surface area contributed by atoms with E-state index in [4.69, 9.17) is 4.74 Å². The fraction of sp³-hybridized carbons (Fsp3) is 0.333. The first-order valence-electron chi connectivity index (χ1n) is 14.9. The van der Waals surface area contributed by atoms with E-state index in [0.29, 0.717) is 6.61 Å². The van der Waals surface area contributed by atoms with Crippen LogP contribution in [0.5, 0.6) is 0 Å². The molecule has 42 heavy (non-hydrogen) atoms. The molecule has 6 heteroatoms. The molecule has 0 aliphatic carbocycles. The van der Waals surface area contributed by atoms with Crippen LogP contribution in [0.2, 0.25) is 0 Å². The number of hydrogen-bond donors (Lipinski definition) is 0. The van der Waals surface area contributed by atoms with Crippen molar-refractivity contribution in [3.63, 3.8) is 0 Å². The normalized spacial score (nSPS) is 15.2. The van der Waals surface area contributed by atoms with E-state index in [1.54, 1.807) is 0 Å². The predicted molar refractivity (Wildman–Crippen MR) is 169 cm³/mol. The maximum Gasteiger partial charge on any atom is 0.123 e. The van der Waals surface area contributed by atoms with Crippen LogP contribution in [0.25, 0.3) is 0 Å². The van der Waals surface area contributed by atoms with Gasteiger partial charge in [-0.25, -0.2) is 13.1 Å². The van der Waals surface area contributed by atoms with E-state index in [9.17, 15) is 8.78 Å². The van der Waals surface area contributed by atoms with E-state index in [2.05, 4.69) is 52.5 Å². The number of benzene rings is 4. The number of hydrogen-bond acceptors (Lipinski definition) is 4. The van der Waals surface area contributed by atoms with Crippen molar-refractivity contribution in [2.24, 2.45) is 0 Å². The zero-order valence-corrected chi connectivity index (χ0v) is 25.1. The van der Waals surface area contributed by atoms with E-state index in [-0.39, 0.29) is 23.7 Å². The molecule has 1 fully saturated rings. The molecule has 220 valence electrons. The van der Waals surface area contributed by atoms with E-state index >= 15 is 0 Å². The van der Waals surface area contributed by atoms with Crippen molar-refractivity contribution >= 4 is 11.9 Å². The lowest BCUT2D eigenvalue weighted by Crippen LogP contribution is -2.43. The van der Waals surface area contributed by atoms with E-state index in [1.807, 2.05) is 54.4 Å². The maximum absolute atomic E-state index is 13.6.